The topological polar surface area (TPSA) is 163 Å². The van der Waals surface area contributed by atoms with Gasteiger partial charge in [-0.05, 0) is 12.1 Å². The zero-order chi connectivity index (χ0) is 21.6. The van der Waals surface area contributed by atoms with Crippen LogP contribution in [0.25, 0.3) is 0 Å². The molecule has 12 heteroatoms. The summed E-state index contributed by atoms with van der Waals surface area (Å²) in [5.74, 6) is -0.707. The molecule has 12 nitrogen and oxygen atoms in total. The number of carbonyl (C=O) groups is 2. The maximum absolute atomic E-state index is 11.3. The lowest BCUT2D eigenvalue weighted by Crippen LogP contribution is -2.13. The van der Waals surface area contributed by atoms with E-state index in [9.17, 15) is 29.8 Å². The van der Waals surface area contributed by atoms with E-state index in [0.29, 0.717) is 0 Å². The fourth-order valence-corrected chi connectivity index (χ4v) is 2.25. The van der Waals surface area contributed by atoms with Gasteiger partial charge in [-0.3, -0.25) is 29.8 Å². The standard InChI is InChI=1S/C17H16N4O8/c1-10(22)18-14-7-12(20(24)25)3-5-16(14)28-9-29-17-6-4-13(21(26)27)8-15(17)19-11(2)23/h3-8H,9H2,1-2H3,(H,18,22)(H,19,23). The number of nitrogens with one attached hydrogen (secondary N) is 2. The highest BCUT2D eigenvalue weighted by atomic mass is 16.7. The normalized spacial score (nSPS) is 10.0. The number of amides is 2. The number of hydrogen-bond acceptors (Lipinski definition) is 8. The van der Waals surface area contributed by atoms with Crippen LogP contribution in [0.3, 0.4) is 0 Å². The minimum atomic E-state index is -0.623. The highest BCUT2D eigenvalue weighted by Crippen LogP contribution is 2.31. The molecule has 0 saturated carbocycles. The van der Waals surface area contributed by atoms with Gasteiger partial charge in [0.15, 0.2) is 0 Å². The number of nitro groups is 2. The van der Waals surface area contributed by atoms with E-state index in [1.807, 2.05) is 0 Å². The molecule has 0 saturated heterocycles. The molecule has 0 bridgehead atoms. The maximum atomic E-state index is 11.3. The molecule has 152 valence electrons. The molecule has 0 unspecified atom stereocenters. The number of nitro benzene ring substituents is 2. The van der Waals surface area contributed by atoms with Crippen LogP contribution in [0.5, 0.6) is 11.5 Å². The van der Waals surface area contributed by atoms with Crippen molar-refractivity contribution in [1.29, 1.82) is 0 Å². The van der Waals surface area contributed by atoms with Crippen molar-refractivity contribution in [3.05, 3.63) is 56.6 Å². The first kappa shape index (κ1) is 21.1. The van der Waals surface area contributed by atoms with Crippen LogP contribution in [0.1, 0.15) is 13.8 Å². The Morgan fingerprint density at radius 1 is 0.828 bits per heavy atom. The number of benzene rings is 2. The lowest BCUT2D eigenvalue weighted by molar-refractivity contribution is -0.385. The van der Waals surface area contributed by atoms with E-state index in [4.69, 9.17) is 9.47 Å². The molecule has 0 aliphatic rings. The minimum absolute atomic E-state index is 0.0704. The molecule has 2 amide bonds. The average Bonchev–Trinajstić information content (AvgIpc) is 2.62. The molecular formula is C17H16N4O8. The minimum Gasteiger partial charge on any atom is -0.455 e. The molecule has 0 heterocycles. The molecule has 0 aromatic heterocycles. The molecule has 0 aliphatic carbocycles. The first-order valence-electron chi connectivity index (χ1n) is 8.05. The highest BCUT2D eigenvalue weighted by molar-refractivity contribution is 5.91. The summed E-state index contributed by atoms with van der Waals surface area (Å²) in [5.41, 5.74) is -0.349. The molecule has 2 N–H and O–H groups in total. The van der Waals surface area contributed by atoms with Crippen LogP contribution in [-0.4, -0.2) is 28.5 Å². The van der Waals surface area contributed by atoms with Crippen molar-refractivity contribution in [1.82, 2.24) is 0 Å². The first-order valence-corrected chi connectivity index (χ1v) is 8.05. The van der Waals surface area contributed by atoms with Crippen molar-refractivity contribution in [3.8, 4) is 11.5 Å². The van der Waals surface area contributed by atoms with Gasteiger partial charge in [0.05, 0.1) is 21.2 Å². The summed E-state index contributed by atoms with van der Waals surface area (Å²) in [4.78, 5) is 43.2. The third kappa shape index (κ3) is 5.89. The number of nitrogens with zero attached hydrogens (tertiary/aromatic N) is 2. The quantitative estimate of drug-likeness (QED) is 0.385. The Bertz CT molecular complexity index is 898. The molecular weight excluding hydrogens is 388 g/mol. The van der Waals surface area contributed by atoms with Gasteiger partial charge in [-0.1, -0.05) is 0 Å². The third-order valence-electron chi connectivity index (χ3n) is 3.40. The third-order valence-corrected chi connectivity index (χ3v) is 3.40. The van der Waals surface area contributed by atoms with E-state index in [-0.39, 0.29) is 34.2 Å². The molecule has 2 aromatic rings. The predicted molar refractivity (Wildman–Crippen MR) is 101 cm³/mol. The Morgan fingerprint density at radius 2 is 1.21 bits per heavy atom. The van der Waals surface area contributed by atoms with E-state index in [1.165, 1.54) is 38.1 Å². The monoisotopic (exact) mass is 404 g/mol. The number of non-ortho nitro benzene ring substituents is 2. The summed E-state index contributed by atoms with van der Waals surface area (Å²) in [6.07, 6.45) is 0. The van der Waals surface area contributed by atoms with E-state index < -0.39 is 28.5 Å². The van der Waals surface area contributed by atoms with E-state index in [0.717, 1.165) is 12.1 Å². The van der Waals surface area contributed by atoms with Crippen molar-refractivity contribution >= 4 is 34.6 Å². The second-order valence-corrected chi connectivity index (χ2v) is 5.64. The lowest BCUT2D eigenvalue weighted by Gasteiger charge is -2.14. The predicted octanol–water partition coefficient (Wildman–Crippen LogP) is 2.84. The van der Waals surface area contributed by atoms with Gasteiger partial charge in [0.25, 0.3) is 11.4 Å². The first-order chi connectivity index (χ1) is 13.7. The zero-order valence-corrected chi connectivity index (χ0v) is 15.3. The van der Waals surface area contributed by atoms with Crippen molar-refractivity contribution in [2.45, 2.75) is 13.8 Å². The van der Waals surface area contributed by atoms with Gasteiger partial charge in [0, 0.05) is 38.1 Å². The Hall–Kier alpha value is -4.22. The van der Waals surface area contributed by atoms with Crippen LogP contribution in [0.4, 0.5) is 22.7 Å². The number of hydrogen-bond donors (Lipinski definition) is 2. The van der Waals surface area contributed by atoms with Crippen LogP contribution in [0, 0.1) is 20.2 Å². The zero-order valence-electron chi connectivity index (χ0n) is 15.3. The molecule has 29 heavy (non-hydrogen) atoms. The highest BCUT2D eigenvalue weighted by Gasteiger charge is 2.15. The Balaban J connectivity index is 2.18. The Morgan fingerprint density at radius 3 is 1.52 bits per heavy atom. The molecule has 2 aromatic carbocycles. The van der Waals surface area contributed by atoms with Gasteiger partial charge in [-0.25, -0.2) is 0 Å². The largest absolute Gasteiger partial charge is 0.455 e. The molecule has 0 radical (unpaired) electrons. The number of carbonyl (C=O) groups excluding carboxylic acids is 2. The summed E-state index contributed by atoms with van der Waals surface area (Å²) in [6.45, 7) is 2.06. The van der Waals surface area contributed by atoms with Gasteiger partial charge in [-0.15, -0.1) is 0 Å². The summed E-state index contributed by atoms with van der Waals surface area (Å²) < 4.78 is 10.8. The Labute approximate surface area is 163 Å². The number of anilines is 2. The smallest absolute Gasteiger partial charge is 0.271 e. The molecule has 0 atom stereocenters. The van der Waals surface area contributed by atoms with Crippen LogP contribution in [0.2, 0.25) is 0 Å². The molecule has 2 rings (SSSR count). The van der Waals surface area contributed by atoms with Crippen LogP contribution in [-0.2, 0) is 9.59 Å². The number of ether oxygens (including phenoxy) is 2. The van der Waals surface area contributed by atoms with Crippen molar-refractivity contribution in [3.63, 3.8) is 0 Å². The fraction of sp³-hybridized carbons (Fsp3) is 0.176. The van der Waals surface area contributed by atoms with E-state index in [1.54, 1.807) is 0 Å². The van der Waals surface area contributed by atoms with Gasteiger partial charge in [0.2, 0.25) is 18.6 Å². The van der Waals surface area contributed by atoms with Gasteiger partial charge < -0.3 is 20.1 Å². The van der Waals surface area contributed by atoms with Gasteiger partial charge >= 0.3 is 0 Å². The molecule has 0 fully saturated rings. The Kier molecular flexibility index (Phi) is 6.63. The average molecular weight is 404 g/mol. The van der Waals surface area contributed by atoms with Crippen LogP contribution < -0.4 is 20.1 Å². The van der Waals surface area contributed by atoms with E-state index >= 15 is 0 Å². The fourth-order valence-electron chi connectivity index (χ4n) is 2.25. The SMILES string of the molecule is CC(=O)Nc1cc([N+](=O)[O-])ccc1OCOc1ccc([N+](=O)[O-])cc1NC(C)=O. The maximum Gasteiger partial charge on any atom is 0.271 e. The van der Waals surface area contributed by atoms with Crippen molar-refractivity contribution in [2.24, 2.45) is 0 Å². The summed E-state index contributed by atoms with van der Waals surface area (Å²) in [5, 5.41) is 26.6. The second-order valence-electron chi connectivity index (χ2n) is 5.64. The molecule has 0 spiro atoms. The lowest BCUT2D eigenvalue weighted by atomic mass is 10.2. The second kappa shape index (κ2) is 9.12. The van der Waals surface area contributed by atoms with Crippen LogP contribution >= 0.6 is 0 Å². The van der Waals surface area contributed by atoms with E-state index in [2.05, 4.69) is 10.6 Å². The van der Waals surface area contributed by atoms with Crippen molar-refractivity contribution in [2.75, 3.05) is 17.4 Å². The van der Waals surface area contributed by atoms with Gasteiger partial charge in [0.1, 0.15) is 11.5 Å². The summed E-state index contributed by atoms with van der Waals surface area (Å²) >= 11 is 0. The molecule has 0 aliphatic heterocycles. The summed E-state index contributed by atoms with van der Waals surface area (Å²) in [6, 6.07) is 7.22. The van der Waals surface area contributed by atoms with Gasteiger partial charge in [-0.2, -0.15) is 0 Å². The van der Waals surface area contributed by atoms with Crippen LogP contribution in [0.15, 0.2) is 36.4 Å². The van der Waals surface area contributed by atoms with Crippen molar-refractivity contribution < 1.29 is 28.9 Å². The summed E-state index contributed by atoms with van der Waals surface area (Å²) in [7, 11) is 0. The number of rotatable bonds is 8.